The van der Waals surface area contributed by atoms with Crippen molar-refractivity contribution in [2.75, 3.05) is 14.2 Å². The summed E-state index contributed by atoms with van der Waals surface area (Å²) in [6.45, 7) is 10.6. The van der Waals surface area contributed by atoms with Crippen molar-refractivity contribution in [1.82, 2.24) is 4.57 Å². The number of rotatable bonds is 6. The van der Waals surface area contributed by atoms with E-state index < -0.39 is 15.3 Å². The van der Waals surface area contributed by atoms with Crippen LogP contribution in [0, 0.1) is 0 Å². The molecule has 0 amide bonds. The van der Waals surface area contributed by atoms with E-state index in [0.717, 1.165) is 38.1 Å². The number of benzene rings is 3. The molecule has 1 aromatic heterocycles. The number of methoxy groups -OCH3 is 2. The summed E-state index contributed by atoms with van der Waals surface area (Å²) in [6, 6.07) is 17.5. The van der Waals surface area contributed by atoms with Crippen molar-refractivity contribution in [2.45, 2.75) is 45.5 Å². The van der Waals surface area contributed by atoms with Crippen molar-refractivity contribution in [1.29, 1.82) is 0 Å². The molecule has 4 aromatic rings. The Hall–Kier alpha value is -2.61. The number of aromatic nitrogens is 1. The van der Waals surface area contributed by atoms with Gasteiger partial charge in [-0.15, -0.1) is 0 Å². The number of halogens is 1. The quantitative estimate of drug-likeness (QED) is 0.190. The van der Waals surface area contributed by atoms with Crippen molar-refractivity contribution in [3.8, 4) is 11.5 Å². The van der Waals surface area contributed by atoms with Gasteiger partial charge in [-0.1, -0.05) is 48.8 Å². The Morgan fingerprint density at radius 3 is 2.06 bits per heavy atom. The molecule has 183 valence electrons. The van der Waals surface area contributed by atoms with Gasteiger partial charge in [0.1, 0.15) is 11.5 Å². The SMILES string of the molecule is COc1cc(C(O[Si](C)C)n2c3ccccc3c(=O)c3ccc(Br)cc32)cc(OC)c1C(C)(C)C. The Balaban J connectivity index is 2.13. The van der Waals surface area contributed by atoms with Gasteiger partial charge < -0.3 is 18.5 Å². The fourth-order valence-corrected chi connectivity index (χ4v) is 5.64. The maximum atomic E-state index is 13.4. The lowest BCUT2D eigenvalue weighted by atomic mass is 9.84. The molecule has 0 fully saturated rings. The maximum Gasteiger partial charge on any atom is 0.208 e. The van der Waals surface area contributed by atoms with Crippen LogP contribution in [-0.2, 0) is 9.84 Å². The van der Waals surface area contributed by atoms with E-state index in [1.54, 1.807) is 14.2 Å². The molecule has 0 saturated heterocycles. The molecule has 0 aliphatic carbocycles. The average Bonchev–Trinajstić information content (AvgIpc) is 2.81. The highest BCUT2D eigenvalue weighted by molar-refractivity contribution is 9.10. The van der Waals surface area contributed by atoms with E-state index in [0.29, 0.717) is 10.8 Å². The second-order valence-corrected chi connectivity index (χ2v) is 12.8. The number of fused-ring (bicyclic) bond motifs is 2. The van der Waals surface area contributed by atoms with Crippen LogP contribution in [0.25, 0.3) is 21.8 Å². The molecule has 7 heteroatoms. The predicted molar refractivity (Wildman–Crippen MR) is 148 cm³/mol. The zero-order valence-electron chi connectivity index (χ0n) is 21.2. The van der Waals surface area contributed by atoms with Crippen molar-refractivity contribution in [2.24, 2.45) is 0 Å². The summed E-state index contributed by atoms with van der Waals surface area (Å²) in [6.07, 6.45) is -0.488. The number of hydrogen-bond donors (Lipinski definition) is 0. The van der Waals surface area contributed by atoms with Crippen molar-refractivity contribution in [3.05, 3.63) is 80.4 Å². The Bertz CT molecular complexity index is 1430. The summed E-state index contributed by atoms with van der Waals surface area (Å²) in [5.41, 5.74) is 3.34. The first-order chi connectivity index (χ1) is 16.6. The molecule has 4 rings (SSSR count). The molecule has 0 bridgehead atoms. The van der Waals surface area contributed by atoms with Gasteiger partial charge in [-0.25, -0.2) is 0 Å². The van der Waals surface area contributed by atoms with Gasteiger partial charge in [0.15, 0.2) is 11.7 Å². The van der Waals surface area contributed by atoms with E-state index in [1.165, 1.54) is 0 Å². The molecule has 0 spiro atoms. The lowest BCUT2D eigenvalue weighted by Gasteiger charge is -2.30. The van der Waals surface area contributed by atoms with Gasteiger partial charge in [0.05, 0.1) is 25.3 Å². The minimum atomic E-state index is -1.15. The van der Waals surface area contributed by atoms with Crippen LogP contribution < -0.4 is 14.9 Å². The molecular formula is C28H31BrNO4Si. The van der Waals surface area contributed by atoms with Gasteiger partial charge in [-0.05, 0) is 61.0 Å². The van der Waals surface area contributed by atoms with Gasteiger partial charge in [0.2, 0.25) is 9.04 Å². The van der Waals surface area contributed by atoms with Crippen LogP contribution in [0.3, 0.4) is 0 Å². The normalized spacial score (nSPS) is 12.9. The van der Waals surface area contributed by atoms with Crippen LogP contribution in [0.4, 0.5) is 0 Å². The van der Waals surface area contributed by atoms with Crippen LogP contribution in [0.5, 0.6) is 11.5 Å². The number of nitrogens with zero attached hydrogens (tertiary/aromatic N) is 1. The fourth-order valence-electron chi connectivity index (χ4n) is 4.61. The van der Waals surface area contributed by atoms with Gasteiger partial charge >= 0.3 is 0 Å². The number of pyridine rings is 1. The summed E-state index contributed by atoms with van der Waals surface area (Å²) < 4.78 is 21.4. The zero-order valence-corrected chi connectivity index (χ0v) is 23.8. The molecule has 0 saturated carbocycles. The van der Waals surface area contributed by atoms with Gasteiger partial charge in [0.25, 0.3) is 0 Å². The standard InChI is InChI=1S/C28H31BrNO4Si/c1-28(2,3)25-23(32-4)14-17(15-24(25)33-5)27(34-35(6)7)30-21-11-9-8-10-19(21)26(31)20-13-12-18(29)16-22(20)30/h8-16,27H,1-7H3. The highest BCUT2D eigenvalue weighted by Gasteiger charge is 2.28. The minimum absolute atomic E-state index is 0.00914. The van der Waals surface area contributed by atoms with E-state index in [-0.39, 0.29) is 10.8 Å². The molecule has 1 heterocycles. The minimum Gasteiger partial charge on any atom is -0.496 e. The number of para-hydroxylation sites is 1. The lowest BCUT2D eigenvalue weighted by Crippen LogP contribution is -2.24. The van der Waals surface area contributed by atoms with E-state index in [4.69, 9.17) is 13.9 Å². The molecule has 0 N–H and O–H groups in total. The van der Waals surface area contributed by atoms with E-state index in [9.17, 15) is 4.79 Å². The molecule has 0 aliphatic heterocycles. The van der Waals surface area contributed by atoms with Crippen molar-refractivity contribution < 1.29 is 13.9 Å². The second kappa shape index (κ2) is 9.80. The molecule has 1 radical (unpaired) electrons. The smallest absolute Gasteiger partial charge is 0.208 e. The van der Waals surface area contributed by atoms with Gasteiger partial charge in [0, 0.05) is 26.4 Å². The zero-order chi connectivity index (χ0) is 25.5. The van der Waals surface area contributed by atoms with E-state index in [2.05, 4.69) is 54.4 Å². The third-order valence-electron chi connectivity index (χ3n) is 6.02. The van der Waals surface area contributed by atoms with E-state index in [1.807, 2.05) is 54.6 Å². The predicted octanol–water partition coefficient (Wildman–Crippen LogP) is 7.05. The molecule has 1 atom stereocenters. The fraction of sp³-hybridized carbons (Fsp3) is 0.321. The van der Waals surface area contributed by atoms with E-state index >= 15 is 0 Å². The third-order valence-corrected chi connectivity index (χ3v) is 7.21. The largest absolute Gasteiger partial charge is 0.496 e. The maximum absolute atomic E-state index is 13.4. The molecule has 1 unspecified atom stereocenters. The van der Waals surface area contributed by atoms with Gasteiger partial charge in [-0.2, -0.15) is 0 Å². The number of ether oxygens (including phenoxy) is 2. The van der Waals surface area contributed by atoms with Crippen LogP contribution >= 0.6 is 15.9 Å². The molecule has 0 aliphatic rings. The first kappa shape index (κ1) is 25.5. The highest BCUT2D eigenvalue weighted by Crippen LogP contribution is 2.42. The molecular weight excluding hydrogens is 522 g/mol. The molecule has 3 aromatic carbocycles. The van der Waals surface area contributed by atoms with Gasteiger partial charge in [-0.3, -0.25) is 4.79 Å². The van der Waals surface area contributed by atoms with Crippen molar-refractivity contribution in [3.63, 3.8) is 0 Å². The second-order valence-electron chi connectivity index (χ2n) is 9.81. The Morgan fingerprint density at radius 1 is 0.886 bits per heavy atom. The Labute approximate surface area is 216 Å². The van der Waals surface area contributed by atoms with Crippen molar-refractivity contribution >= 4 is 46.8 Å². The first-order valence-corrected chi connectivity index (χ1v) is 14.7. The van der Waals surface area contributed by atoms with Crippen LogP contribution in [0.2, 0.25) is 13.1 Å². The third kappa shape index (κ3) is 4.77. The number of hydrogen-bond acceptors (Lipinski definition) is 4. The first-order valence-electron chi connectivity index (χ1n) is 11.5. The monoisotopic (exact) mass is 552 g/mol. The highest BCUT2D eigenvalue weighted by atomic mass is 79.9. The summed E-state index contributed by atoms with van der Waals surface area (Å²) >= 11 is 3.60. The lowest BCUT2D eigenvalue weighted by molar-refractivity contribution is 0.184. The average molecular weight is 554 g/mol. The Morgan fingerprint density at radius 2 is 1.49 bits per heavy atom. The van der Waals surface area contributed by atoms with Crippen LogP contribution in [-0.4, -0.2) is 27.8 Å². The topological polar surface area (TPSA) is 49.7 Å². The summed E-state index contributed by atoms with van der Waals surface area (Å²) in [7, 11) is 2.21. The molecule has 35 heavy (non-hydrogen) atoms. The van der Waals surface area contributed by atoms with Crippen LogP contribution in [0.1, 0.15) is 38.1 Å². The van der Waals surface area contributed by atoms with Crippen LogP contribution in [0.15, 0.2) is 63.9 Å². The Kier molecular flexibility index (Phi) is 7.13. The molecule has 5 nitrogen and oxygen atoms in total. The summed E-state index contributed by atoms with van der Waals surface area (Å²) in [5.74, 6) is 1.49. The summed E-state index contributed by atoms with van der Waals surface area (Å²) in [5, 5.41) is 1.30. The summed E-state index contributed by atoms with van der Waals surface area (Å²) in [4.78, 5) is 13.4.